The van der Waals surface area contributed by atoms with Gasteiger partial charge in [0.15, 0.2) is 0 Å². The standard InChI is InChI=1S/C14H20BrN3O2/c1-16-7-6-11(8-16)9-17(2)10-12-4-3-5-13(14(12)15)18(19)20/h3-5,11H,6-10H2,1-2H3. The molecule has 2 rings (SSSR count). The molecule has 6 heteroatoms. The number of halogens is 1. The quantitative estimate of drug-likeness (QED) is 0.610. The van der Waals surface area contributed by atoms with E-state index < -0.39 is 0 Å². The molecular weight excluding hydrogens is 322 g/mol. The summed E-state index contributed by atoms with van der Waals surface area (Å²) in [6, 6.07) is 5.21. The lowest BCUT2D eigenvalue weighted by Gasteiger charge is -2.21. The molecule has 1 saturated heterocycles. The predicted molar refractivity (Wildman–Crippen MR) is 82.7 cm³/mol. The highest BCUT2D eigenvalue weighted by Gasteiger charge is 2.21. The second-order valence-corrected chi connectivity index (χ2v) is 6.41. The molecule has 0 amide bonds. The zero-order valence-electron chi connectivity index (χ0n) is 11.9. The Labute approximate surface area is 127 Å². The van der Waals surface area contributed by atoms with Crippen molar-refractivity contribution in [3.05, 3.63) is 38.3 Å². The molecule has 0 aliphatic carbocycles. The van der Waals surface area contributed by atoms with E-state index in [4.69, 9.17) is 0 Å². The van der Waals surface area contributed by atoms with Crippen molar-refractivity contribution in [1.82, 2.24) is 9.80 Å². The summed E-state index contributed by atoms with van der Waals surface area (Å²) in [7, 11) is 4.22. The van der Waals surface area contributed by atoms with Gasteiger partial charge < -0.3 is 9.80 Å². The van der Waals surface area contributed by atoms with Crippen LogP contribution in [-0.2, 0) is 6.54 Å². The lowest BCUT2D eigenvalue weighted by molar-refractivity contribution is -0.385. The number of rotatable bonds is 5. The van der Waals surface area contributed by atoms with Crippen molar-refractivity contribution in [2.75, 3.05) is 33.7 Å². The molecule has 0 N–H and O–H groups in total. The Morgan fingerprint density at radius 2 is 2.30 bits per heavy atom. The average molecular weight is 342 g/mol. The minimum Gasteiger partial charge on any atom is -0.306 e. The van der Waals surface area contributed by atoms with E-state index in [0.29, 0.717) is 10.4 Å². The third-order valence-corrected chi connectivity index (χ3v) is 4.67. The molecule has 0 bridgehead atoms. The van der Waals surface area contributed by atoms with Crippen molar-refractivity contribution < 1.29 is 4.92 Å². The molecule has 1 aromatic carbocycles. The van der Waals surface area contributed by atoms with Gasteiger partial charge in [0.25, 0.3) is 5.69 Å². The molecule has 110 valence electrons. The Kier molecular flexibility index (Phi) is 5.12. The number of hydrogen-bond donors (Lipinski definition) is 0. The second kappa shape index (κ2) is 6.65. The average Bonchev–Trinajstić information content (AvgIpc) is 2.77. The zero-order chi connectivity index (χ0) is 14.7. The largest absolute Gasteiger partial charge is 0.306 e. The Morgan fingerprint density at radius 1 is 1.55 bits per heavy atom. The maximum atomic E-state index is 10.9. The van der Waals surface area contributed by atoms with Crippen LogP contribution in [0.25, 0.3) is 0 Å². The Hall–Kier alpha value is -0.980. The number of likely N-dealkylation sites (tertiary alicyclic amines) is 1. The van der Waals surface area contributed by atoms with E-state index in [1.54, 1.807) is 6.07 Å². The molecule has 1 atom stereocenters. The molecule has 1 aliphatic rings. The van der Waals surface area contributed by atoms with E-state index in [1.165, 1.54) is 19.0 Å². The van der Waals surface area contributed by atoms with Crippen molar-refractivity contribution in [3.8, 4) is 0 Å². The van der Waals surface area contributed by atoms with Gasteiger partial charge in [0.05, 0.1) is 9.40 Å². The summed E-state index contributed by atoms with van der Waals surface area (Å²) in [6.45, 7) is 4.06. The van der Waals surface area contributed by atoms with Gasteiger partial charge in [0.2, 0.25) is 0 Å². The van der Waals surface area contributed by atoms with E-state index in [0.717, 1.165) is 25.2 Å². The third kappa shape index (κ3) is 3.77. The van der Waals surface area contributed by atoms with Crippen LogP contribution in [0.3, 0.4) is 0 Å². The van der Waals surface area contributed by atoms with Crippen LogP contribution in [0.15, 0.2) is 22.7 Å². The monoisotopic (exact) mass is 341 g/mol. The molecule has 1 unspecified atom stereocenters. The lowest BCUT2D eigenvalue weighted by Crippen LogP contribution is -2.27. The van der Waals surface area contributed by atoms with Gasteiger partial charge in [0, 0.05) is 25.7 Å². The van der Waals surface area contributed by atoms with E-state index in [2.05, 4.69) is 39.8 Å². The first-order valence-electron chi connectivity index (χ1n) is 6.76. The number of nitro benzene ring substituents is 1. The highest BCUT2D eigenvalue weighted by atomic mass is 79.9. The Bertz CT molecular complexity index is 495. The minimum absolute atomic E-state index is 0.136. The molecule has 0 aromatic heterocycles. The smallest absolute Gasteiger partial charge is 0.283 e. The van der Waals surface area contributed by atoms with Crippen LogP contribution in [0.1, 0.15) is 12.0 Å². The molecule has 0 spiro atoms. The van der Waals surface area contributed by atoms with E-state index >= 15 is 0 Å². The van der Waals surface area contributed by atoms with Crippen LogP contribution in [0.4, 0.5) is 5.69 Å². The van der Waals surface area contributed by atoms with Crippen molar-refractivity contribution in [1.29, 1.82) is 0 Å². The fourth-order valence-corrected chi connectivity index (χ4v) is 3.34. The van der Waals surface area contributed by atoms with Gasteiger partial charge in [-0.1, -0.05) is 12.1 Å². The molecule has 1 aromatic rings. The molecule has 0 saturated carbocycles. The fourth-order valence-electron chi connectivity index (χ4n) is 2.80. The minimum atomic E-state index is -0.348. The Balaban J connectivity index is 1.99. The third-order valence-electron chi connectivity index (χ3n) is 3.75. The van der Waals surface area contributed by atoms with Crippen LogP contribution in [0, 0.1) is 16.0 Å². The van der Waals surface area contributed by atoms with Crippen molar-refractivity contribution >= 4 is 21.6 Å². The van der Waals surface area contributed by atoms with Gasteiger partial charge in [-0.2, -0.15) is 0 Å². The van der Waals surface area contributed by atoms with Crippen molar-refractivity contribution in [2.45, 2.75) is 13.0 Å². The summed E-state index contributed by atoms with van der Waals surface area (Å²) >= 11 is 3.36. The predicted octanol–water partition coefficient (Wildman–Crippen LogP) is 2.74. The first-order chi connectivity index (χ1) is 9.47. The highest BCUT2D eigenvalue weighted by molar-refractivity contribution is 9.10. The first-order valence-corrected chi connectivity index (χ1v) is 7.55. The van der Waals surface area contributed by atoms with Crippen LogP contribution in [-0.4, -0.2) is 48.5 Å². The number of nitro groups is 1. The van der Waals surface area contributed by atoms with Crippen LogP contribution < -0.4 is 0 Å². The van der Waals surface area contributed by atoms with Gasteiger partial charge in [-0.3, -0.25) is 10.1 Å². The Morgan fingerprint density at radius 3 is 2.90 bits per heavy atom. The summed E-state index contributed by atoms with van der Waals surface area (Å²) in [4.78, 5) is 15.2. The topological polar surface area (TPSA) is 49.6 Å². The van der Waals surface area contributed by atoms with E-state index in [-0.39, 0.29) is 10.6 Å². The molecular formula is C14H20BrN3O2. The maximum absolute atomic E-state index is 10.9. The summed E-state index contributed by atoms with van der Waals surface area (Å²) < 4.78 is 0.598. The lowest BCUT2D eigenvalue weighted by atomic mass is 10.1. The van der Waals surface area contributed by atoms with Gasteiger partial charge in [0.1, 0.15) is 0 Å². The normalized spacial score (nSPS) is 19.7. The van der Waals surface area contributed by atoms with E-state index in [9.17, 15) is 10.1 Å². The van der Waals surface area contributed by atoms with Crippen LogP contribution >= 0.6 is 15.9 Å². The summed E-state index contributed by atoms with van der Waals surface area (Å²) in [6.07, 6.45) is 1.23. The van der Waals surface area contributed by atoms with Gasteiger partial charge >= 0.3 is 0 Å². The summed E-state index contributed by atoms with van der Waals surface area (Å²) in [5.41, 5.74) is 1.10. The zero-order valence-corrected chi connectivity index (χ0v) is 13.5. The molecule has 1 fully saturated rings. The fraction of sp³-hybridized carbons (Fsp3) is 0.571. The molecule has 0 radical (unpaired) electrons. The highest BCUT2D eigenvalue weighted by Crippen LogP contribution is 2.29. The van der Waals surface area contributed by atoms with Gasteiger partial charge in [-0.15, -0.1) is 0 Å². The molecule has 20 heavy (non-hydrogen) atoms. The number of nitrogens with zero attached hydrogens (tertiary/aromatic N) is 3. The maximum Gasteiger partial charge on any atom is 0.283 e. The van der Waals surface area contributed by atoms with Gasteiger partial charge in [-0.25, -0.2) is 0 Å². The number of benzene rings is 1. The summed E-state index contributed by atoms with van der Waals surface area (Å²) in [5.74, 6) is 0.697. The second-order valence-electron chi connectivity index (χ2n) is 5.62. The van der Waals surface area contributed by atoms with Gasteiger partial charge in [-0.05, 0) is 54.5 Å². The van der Waals surface area contributed by atoms with Crippen LogP contribution in [0.2, 0.25) is 0 Å². The number of hydrogen-bond acceptors (Lipinski definition) is 4. The van der Waals surface area contributed by atoms with E-state index in [1.807, 2.05) is 6.07 Å². The SMILES string of the molecule is CN1CCC(CN(C)Cc2cccc([N+](=O)[O-])c2Br)C1. The molecule has 1 heterocycles. The van der Waals surface area contributed by atoms with Crippen molar-refractivity contribution in [3.63, 3.8) is 0 Å². The van der Waals surface area contributed by atoms with Crippen molar-refractivity contribution in [2.24, 2.45) is 5.92 Å². The van der Waals surface area contributed by atoms with Crippen LogP contribution in [0.5, 0.6) is 0 Å². The summed E-state index contributed by atoms with van der Waals surface area (Å²) in [5, 5.41) is 10.9. The molecule has 5 nitrogen and oxygen atoms in total. The first kappa shape index (κ1) is 15.4. The molecule has 1 aliphatic heterocycles.